The summed E-state index contributed by atoms with van der Waals surface area (Å²) in [5.41, 5.74) is 0.610. The molecule has 1 aromatic rings. The van der Waals surface area contributed by atoms with Gasteiger partial charge < -0.3 is 15.4 Å². The number of hydrogen-bond acceptors (Lipinski definition) is 3. The summed E-state index contributed by atoms with van der Waals surface area (Å²) in [6, 6.07) is 6.78. The van der Waals surface area contributed by atoms with E-state index in [0.29, 0.717) is 12.1 Å². The van der Waals surface area contributed by atoms with Crippen LogP contribution in [0, 0.1) is 5.82 Å². The minimum atomic E-state index is -0.209. The van der Waals surface area contributed by atoms with Crippen LogP contribution < -0.4 is 10.6 Å². The Hall–Kier alpha value is -0.540. The molecule has 0 amide bonds. The molecule has 1 aliphatic rings. The van der Waals surface area contributed by atoms with Gasteiger partial charge in [-0.05, 0) is 31.6 Å². The summed E-state index contributed by atoms with van der Waals surface area (Å²) < 4.78 is 19.4. The lowest BCUT2D eigenvalue weighted by molar-refractivity contribution is 0.0782. The van der Waals surface area contributed by atoms with Crippen molar-refractivity contribution in [3.63, 3.8) is 0 Å². The number of ether oxygens (including phenoxy) is 1. The first-order valence-electron chi connectivity index (χ1n) is 8.66. The number of hydrogen-bond donors (Lipinski definition) is 2. The molecule has 0 unspecified atom stereocenters. The number of nitrogens with zero attached hydrogens (tertiary/aromatic N) is 1. The number of nitrogens with one attached hydrogen (secondary N) is 2. The van der Waals surface area contributed by atoms with Crippen molar-refractivity contribution < 1.29 is 9.13 Å². The van der Waals surface area contributed by atoms with Gasteiger partial charge in [0.25, 0.3) is 0 Å². The molecule has 0 aliphatic carbocycles. The minimum Gasteiger partial charge on any atom is -0.381 e. The predicted octanol–water partition coefficient (Wildman–Crippen LogP) is 3.80. The van der Waals surface area contributed by atoms with Gasteiger partial charge >= 0.3 is 0 Å². The number of aliphatic imine (C=N–C) groups is 1. The zero-order valence-electron chi connectivity index (χ0n) is 15.0. The van der Waals surface area contributed by atoms with Crippen LogP contribution in [0.25, 0.3) is 0 Å². The van der Waals surface area contributed by atoms with Gasteiger partial charge in [0, 0.05) is 36.6 Å². The van der Waals surface area contributed by atoms with Gasteiger partial charge in [-0.2, -0.15) is 11.8 Å². The van der Waals surface area contributed by atoms with Crippen molar-refractivity contribution in [2.24, 2.45) is 4.99 Å². The van der Waals surface area contributed by atoms with Gasteiger partial charge in [-0.25, -0.2) is 9.38 Å². The lowest BCUT2D eigenvalue weighted by atomic mass is 9.99. The maximum atomic E-state index is 13.7. The smallest absolute Gasteiger partial charge is 0.191 e. The normalized spacial score (nSPS) is 16.8. The Bertz CT molecular complexity index is 533. The second-order valence-corrected chi connectivity index (χ2v) is 7.60. The first-order valence-corrected chi connectivity index (χ1v) is 9.65. The molecule has 1 saturated heterocycles. The van der Waals surface area contributed by atoms with E-state index in [4.69, 9.17) is 4.74 Å². The standard InChI is InChI=1S/C18H28FN3OS.HI/c1-3-20-17(21-13-15-7-5-6-8-16(15)19)22-14-18(24-4-2)9-11-23-12-10-18;/h5-8H,3-4,9-14H2,1-2H3,(H2,20,21,22);1H. The molecule has 1 aliphatic heterocycles. The molecule has 4 nitrogen and oxygen atoms in total. The van der Waals surface area contributed by atoms with Gasteiger partial charge in [0.1, 0.15) is 5.82 Å². The van der Waals surface area contributed by atoms with E-state index in [-0.39, 0.29) is 34.5 Å². The zero-order chi connectivity index (χ0) is 17.3. The minimum absolute atomic E-state index is 0. The molecule has 0 atom stereocenters. The van der Waals surface area contributed by atoms with E-state index in [1.165, 1.54) is 6.07 Å². The second-order valence-electron chi connectivity index (χ2n) is 5.87. The molecule has 142 valence electrons. The maximum absolute atomic E-state index is 13.7. The maximum Gasteiger partial charge on any atom is 0.191 e. The number of halogens is 2. The molecule has 0 radical (unpaired) electrons. The summed E-state index contributed by atoms with van der Waals surface area (Å²) in [6.45, 7) is 7.82. The monoisotopic (exact) mass is 481 g/mol. The quantitative estimate of drug-likeness (QED) is 0.354. The molecule has 0 aromatic heterocycles. The first kappa shape index (κ1) is 22.5. The van der Waals surface area contributed by atoms with Crippen molar-refractivity contribution in [2.45, 2.75) is 38.0 Å². The summed E-state index contributed by atoms with van der Waals surface area (Å²) >= 11 is 1.99. The van der Waals surface area contributed by atoms with Crippen LogP contribution in [0.1, 0.15) is 32.3 Å². The lowest BCUT2D eigenvalue weighted by Gasteiger charge is -2.37. The number of thioether (sulfide) groups is 1. The third-order valence-corrected chi connectivity index (χ3v) is 5.60. The molecule has 0 bridgehead atoms. The van der Waals surface area contributed by atoms with Crippen molar-refractivity contribution in [1.82, 2.24) is 10.6 Å². The first-order chi connectivity index (χ1) is 11.7. The summed E-state index contributed by atoms with van der Waals surface area (Å²) in [4.78, 5) is 4.53. The van der Waals surface area contributed by atoms with Gasteiger partial charge in [-0.15, -0.1) is 24.0 Å². The Morgan fingerprint density at radius 2 is 1.96 bits per heavy atom. The largest absolute Gasteiger partial charge is 0.381 e. The predicted molar refractivity (Wildman–Crippen MR) is 116 cm³/mol. The molecule has 1 fully saturated rings. The van der Waals surface area contributed by atoms with Crippen molar-refractivity contribution in [1.29, 1.82) is 0 Å². The fraction of sp³-hybridized carbons (Fsp3) is 0.611. The van der Waals surface area contributed by atoms with Crippen molar-refractivity contribution in [3.8, 4) is 0 Å². The van der Waals surface area contributed by atoms with E-state index in [0.717, 1.165) is 50.9 Å². The van der Waals surface area contributed by atoms with Crippen molar-refractivity contribution in [2.75, 3.05) is 32.1 Å². The van der Waals surface area contributed by atoms with Crippen LogP contribution in [0.15, 0.2) is 29.3 Å². The van der Waals surface area contributed by atoms with E-state index in [1.54, 1.807) is 12.1 Å². The molecular formula is C18H29FIN3OS. The Morgan fingerprint density at radius 1 is 1.24 bits per heavy atom. The van der Waals surface area contributed by atoms with Gasteiger partial charge in [0.15, 0.2) is 5.96 Å². The molecule has 0 saturated carbocycles. The van der Waals surface area contributed by atoms with Crippen LogP contribution in [-0.2, 0) is 11.3 Å². The number of benzene rings is 1. The van der Waals surface area contributed by atoms with Crippen LogP contribution in [0.3, 0.4) is 0 Å². The van der Waals surface area contributed by atoms with E-state index >= 15 is 0 Å². The van der Waals surface area contributed by atoms with Gasteiger partial charge in [0.2, 0.25) is 0 Å². The molecular weight excluding hydrogens is 452 g/mol. The Labute approximate surface area is 171 Å². The fourth-order valence-corrected chi connectivity index (χ4v) is 4.04. The lowest BCUT2D eigenvalue weighted by Crippen LogP contribution is -2.48. The molecule has 7 heteroatoms. The summed E-state index contributed by atoms with van der Waals surface area (Å²) in [5.74, 6) is 1.62. The van der Waals surface area contributed by atoms with E-state index in [2.05, 4.69) is 22.5 Å². The SMILES string of the molecule is CCNC(=NCc1ccccc1F)NCC1(SCC)CCOCC1.I. The van der Waals surface area contributed by atoms with Gasteiger partial charge in [-0.3, -0.25) is 0 Å². The number of rotatable bonds is 7. The second kappa shape index (κ2) is 12.0. The molecule has 1 heterocycles. The molecule has 2 N–H and O–H groups in total. The Morgan fingerprint density at radius 3 is 2.60 bits per heavy atom. The summed E-state index contributed by atoms with van der Waals surface area (Å²) in [5, 5.41) is 6.69. The third kappa shape index (κ3) is 7.30. The highest BCUT2D eigenvalue weighted by Crippen LogP contribution is 2.34. The van der Waals surface area contributed by atoms with E-state index < -0.39 is 0 Å². The van der Waals surface area contributed by atoms with Crippen LogP contribution in [0.4, 0.5) is 4.39 Å². The third-order valence-electron chi connectivity index (χ3n) is 4.14. The van der Waals surface area contributed by atoms with Crippen LogP contribution >= 0.6 is 35.7 Å². The highest BCUT2D eigenvalue weighted by molar-refractivity contribution is 14.0. The summed E-state index contributed by atoms with van der Waals surface area (Å²) in [7, 11) is 0. The molecule has 2 rings (SSSR count). The average Bonchev–Trinajstić information content (AvgIpc) is 2.60. The van der Waals surface area contributed by atoms with Crippen LogP contribution in [0.2, 0.25) is 0 Å². The Kier molecular flexibility index (Phi) is 10.8. The van der Waals surface area contributed by atoms with Gasteiger partial charge in [-0.1, -0.05) is 25.1 Å². The van der Waals surface area contributed by atoms with Crippen molar-refractivity contribution in [3.05, 3.63) is 35.6 Å². The molecule has 1 aromatic carbocycles. The highest BCUT2D eigenvalue weighted by Gasteiger charge is 2.32. The fourth-order valence-electron chi connectivity index (χ4n) is 2.80. The molecule has 0 spiro atoms. The Balaban J connectivity index is 0.00000312. The molecule has 25 heavy (non-hydrogen) atoms. The zero-order valence-corrected chi connectivity index (χ0v) is 18.2. The van der Waals surface area contributed by atoms with Crippen LogP contribution in [0.5, 0.6) is 0 Å². The van der Waals surface area contributed by atoms with Crippen molar-refractivity contribution >= 4 is 41.7 Å². The summed E-state index contributed by atoms with van der Waals surface area (Å²) in [6.07, 6.45) is 2.09. The van der Waals surface area contributed by atoms with E-state index in [1.807, 2.05) is 24.8 Å². The van der Waals surface area contributed by atoms with Crippen LogP contribution in [-0.4, -0.2) is 42.8 Å². The average molecular weight is 481 g/mol. The van der Waals surface area contributed by atoms with E-state index in [9.17, 15) is 4.39 Å². The highest BCUT2D eigenvalue weighted by atomic mass is 127. The number of guanidine groups is 1. The van der Waals surface area contributed by atoms with Gasteiger partial charge in [0.05, 0.1) is 6.54 Å². The topological polar surface area (TPSA) is 45.7 Å².